The van der Waals surface area contributed by atoms with Crippen LogP contribution in [0.4, 0.5) is 5.69 Å². The van der Waals surface area contributed by atoms with E-state index < -0.39 is 10.0 Å². The third-order valence-electron chi connectivity index (χ3n) is 2.50. The van der Waals surface area contributed by atoms with Crippen molar-refractivity contribution in [2.75, 3.05) is 10.5 Å². The van der Waals surface area contributed by atoms with Crippen LogP contribution >= 0.6 is 23.1 Å². The van der Waals surface area contributed by atoms with Crippen molar-refractivity contribution < 1.29 is 13.2 Å². The van der Waals surface area contributed by atoms with Gasteiger partial charge >= 0.3 is 0 Å². The first-order valence-electron chi connectivity index (χ1n) is 6.05. The van der Waals surface area contributed by atoms with Crippen LogP contribution < -0.4 is 10.5 Å². The molecule has 0 spiro atoms. The molecule has 2 aromatic rings. The van der Waals surface area contributed by atoms with Gasteiger partial charge in [0.1, 0.15) is 4.21 Å². The lowest BCUT2D eigenvalue weighted by atomic mass is 10.3. The van der Waals surface area contributed by atoms with Crippen LogP contribution in [0.5, 0.6) is 0 Å². The number of amides is 1. The van der Waals surface area contributed by atoms with E-state index in [0.717, 1.165) is 16.2 Å². The van der Waals surface area contributed by atoms with Crippen LogP contribution in [-0.4, -0.2) is 20.1 Å². The number of nitrogens with two attached hydrogens (primary N) is 1. The molecule has 2 rings (SSSR count). The van der Waals surface area contributed by atoms with Gasteiger partial charge in [-0.2, -0.15) is 0 Å². The molecule has 0 aliphatic rings. The molecule has 0 fully saturated rings. The van der Waals surface area contributed by atoms with E-state index in [2.05, 4.69) is 4.72 Å². The Labute approximate surface area is 131 Å². The number of hydrogen-bond acceptors (Lipinski definition) is 5. The molecule has 8 heteroatoms. The summed E-state index contributed by atoms with van der Waals surface area (Å²) in [7, 11) is -3.57. The van der Waals surface area contributed by atoms with E-state index in [4.69, 9.17) is 5.73 Å². The van der Waals surface area contributed by atoms with Gasteiger partial charge in [0.15, 0.2) is 0 Å². The molecule has 1 aromatic carbocycles. The number of nitrogens with one attached hydrogen (secondary N) is 1. The van der Waals surface area contributed by atoms with E-state index in [9.17, 15) is 13.2 Å². The first kappa shape index (κ1) is 15.9. The summed E-state index contributed by atoms with van der Waals surface area (Å²) >= 11 is 2.55. The predicted molar refractivity (Wildman–Crippen MR) is 86.1 cm³/mol. The zero-order valence-electron chi connectivity index (χ0n) is 11.0. The van der Waals surface area contributed by atoms with Gasteiger partial charge in [0.2, 0.25) is 5.91 Å². The van der Waals surface area contributed by atoms with Gasteiger partial charge in [0, 0.05) is 17.1 Å². The van der Waals surface area contributed by atoms with E-state index >= 15 is 0 Å². The lowest BCUT2D eigenvalue weighted by molar-refractivity contribution is -0.117. The molecule has 0 radical (unpaired) electrons. The Morgan fingerprint density at radius 2 is 2.00 bits per heavy atom. The summed E-state index contributed by atoms with van der Waals surface area (Å²) in [6.45, 7) is 0. The quantitative estimate of drug-likeness (QED) is 0.757. The third kappa shape index (κ3) is 4.48. The Bertz CT molecular complexity index is 712. The van der Waals surface area contributed by atoms with Crippen LogP contribution in [0.3, 0.4) is 0 Å². The number of sulfonamides is 1. The SMILES string of the molecule is NC(=O)CCSc1ccccc1NS(=O)(=O)c1cccs1. The van der Waals surface area contributed by atoms with E-state index in [1.807, 2.05) is 6.07 Å². The van der Waals surface area contributed by atoms with E-state index in [-0.39, 0.29) is 16.5 Å². The van der Waals surface area contributed by atoms with Gasteiger partial charge in [-0.05, 0) is 23.6 Å². The smallest absolute Gasteiger partial charge is 0.271 e. The number of para-hydroxylation sites is 1. The molecular formula is C13H14N2O3S3. The number of carbonyl (C=O) groups is 1. The van der Waals surface area contributed by atoms with Gasteiger partial charge in [-0.25, -0.2) is 8.42 Å². The second kappa shape index (κ2) is 6.97. The number of primary amides is 1. The molecule has 0 atom stereocenters. The van der Waals surface area contributed by atoms with Crippen LogP contribution in [0.1, 0.15) is 6.42 Å². The van der Waals surface area contributed by atoms with Crippen LogP contribution in [0, 0.1) is 0 Å². The van der Waals surface area contributed by atoms with Gasteiger partial charge in [-0.3, -0.25) is 9.52 Å². The Kier molecular flexibility index (Phi) is 5.27. The molecule has 0 aliphatic heterocycles. The molecule has 5 nitrogen and oxygen atoms in total. The van der Waals surface area contributed by atoms with Crippen LogP contribution in [0.25, 0.3) is 0 Å². The van der Waals surface area contributed by atoms with Crippen LogP contribution in [-0.2, 0) is 14.8 Å². The molecular weight excluding hydrogens is 328 g/mol. The summed E-state index contributed by atoms with van der Waals surface area (Å²) in [5, 5.41) is 1.71. The lowest BCUT2D eigenvalue weighted by Gasteiger charge is -2.11. The highest BCUT2D eigenvalue weighted by Crippen LogP contribution is 2.30. The highest BCUT2D eigenvalue weighted by atomic mass is 32.2. The highest BCUT2D eigenvalue weighted by Gasteiger charge is 2.16. The first-order valence-corrected chi connectivity index (χ1v) is 9.40. The average Bonchev–Trinajstić information content (AvgIpc) is 2.95. The molecule has 0 saturated heterocycles. The summed E-state index contributed by atoms with van der Waals surface area (Å²) in [5.41, 5.74) is 5.60. The van der Waals surface area contributed by atoms with Gasteiger partial charge in [-0.1, -0.05) is 18.2 Å². The molecule has 0 unspecified atom stereocenters. The zero-order chi connectivity index (χ0) is 15.3. The topological polar surface area (TPSA) is 89.3 Å². The van der Waals surface area contributed by atoms with Crippen molar-refractivity contribution in [1.29, 1.82) is 0 Å². The fraction of sp³-hybridized carbons (Fsp3) is 0.154. The van der Waals surface area contributed by atoms with E-state index in [0.29, 0.717) is 11.4 Å². The maximum Gasteiger partial charge on any atom is 0.271 e. The molecule has 1 amide bonds. The summed E-state index contributed by atoms with van der Waals surface area (Å²) in [4.78, 5) is 11.5. The fourth-order valence-electron chi connectivity index (χ4n) is 1.55. The zero-order valence-corrected chi connectivity index (χ0v) is 13.4. The van der Waals surface area contributed by atoms with Crippen molar-refractivity contribution in [3.63, 3.8) is 0 Å². The van der Waals surface area contributed by atoms with E-state index in [1.165, 1.54) is 11.8 Å². The number of hydrogen-bond donors (Lipinski definition) is 2. The average molecular weight is 342 g/mol. The predicted octanol–water partition coefficient (Wildman–Crippen LogP) is 2.52. The molecule has 112 valence electrons. The van der Waals surface area contributed by atoms with Gasteiger partial charge in [0.05, 0.1) is 5.69 Å². The van der Waals surface area contributed by atoms with Crippen molar-refractivity contribution in [3.05, 3.63) is 41.8 Å². The second-order valence-corrected chi connectivity index (χ2v) is 8.09. The first-order chi connectivity index (χ1) is 9.99. The van der Waals surface area contributed by atoms with Crippen molar-refractivity contribution >= 4 is 44.7 Å². The summed E-state index contributed by atoms with van der Waals surface area (Å²) < 4.78 is 27.3. The minimum atomic E-state index is -3.57. The second-order valence-electron chi connectivity index (χ2n) is 4.10. The maximum atomic E-state index is 12.2. The monoisotopic (exact) mass is 342 g/mol. The molecule has 0 aliphatic carbocycles. The Morgan fingerprint density at radius 1 is 1.24 bits per heavy atom. The number of benzene rings is 1. The maximum absolute atomic E-state index is 12.2. The summed E-state index contributed by atoms with van der Waals surface area (Å²) in [5.74, 6) is 0.131. The third-order valence-corrected chi connectivity index (χ3v) is 6.34. The lowest BCUT2D eigenvalue weighted by Crippen LogP contribution is -2.13. The number of carbonyl (C=O) groups excluding carboxylic acids is 1. The Hall–Kier alpha value is -1.51. The molecule has 3 N–H and O–H groups in total. The van der Waals surface area contributed by atoms with E-state index in [1.54, 1.807) is 35.7 Å². The van der Waals surface area contributed by atoms with Crippen molar-refractivity contribution in [3.8, 4) is 0 Å². The Morgan fingerprint density at radius 3 is 2.67 bits per heavy atom. The summed E-state index contributed by atoms with van der Waals surface area (Å²) in [6, 6.07) is 10.3. The summed E-state index contributed by atoms with van der Waals surface area (Å²) in [6.07, 6.45) is 0.247. The standard InChI is InChI=1S/C13H14N2O3S3/c14-12(16)7-9-19-11-5-2-1-4-10(11)15-21(17,18)13-6-3-8-20-13/h1-6,8,15H,7,9H2,(H2,14,16). The molecule has 1 heterocycles. The highest BCUT2D eigenvalue weighted by molar-refractivity contribution is 7.99. The number of thioether (sulfide) groups is 1. The van der Waals surface area contributed by atoms with Gasteiger partial charge < -0.3 is 5.73 Å². The minimum Gasteiger partial charge on any atom is -0.370 e. The molecule has 1 aromatic heterocycles. The fourth-order valence-corrected chi connectivity index (χ4v) is 4.66. The van der Waals surface area contributed by atoms with Crippen LogP contribution in [0.15, 0.2) is 50.9 Å². The number of thiophene rings is 1. The normalized spacial score (nSPS) is 11.2. The molecule has 0 bridgehead atoms. The largest absolute Gasteiger partial charge is 0.370 e. The van der Waals surface area contributed by atoms with Gasteiger partial charge in [0.25, 0.3) is 10.0 Å². The van der Waals surface area contributed by atoms with Crippen molar-refractivity contribution in [2.45, 2.75) is 15.5 Å². The van der Waals surface area contributed by atoms with Gasteiger partial charge in [-0.15, -0.1) is 23.1 Å². The molecule has 0 saturated carbocycles. The van der Waals surface area contributed by atoms with Crippen molar-refractivity contribution in [1.82, 2.24) is 0 Å². The molecule has 21 heavy (non-hydrogen) atoms. The van der Waals surface area contributed by atoms with Crippen molar-refractivity contribution in [2.24, 2.45) is 5.73 Å². The number of anilines is 1. The Balaban J connectivity index is 2.15. The minimum absolute atomic E-state index is 0.247. The van der Waals surface area contributed by atoms with Crippen LogP contribution in [0.2, 0.25) is 0 Å². The number of rotatable bonds is 7.